The van der Waals surface area contributed by atoms with Crippen molar-refractivity contribution in [2.24, 2.45) is 5.92 Å². The summed E-state index contributed by atoms with van der Waals surface area (Å²) in [7, 11) is 0. The van der Waals surface area contributed by atoms with Gasteiger partial charge in [0.15, 0.2) is 0 Å². The molecule has 0 aromatic heterocycles. The van der Waals surface area contributed by atoms with Crippen LogP contribution < -0.4 is 0 Å². The van der Waals surface area contributed by atoms with E-state index in [2.05, 4.69) is 0 Å². The predicted octanol–water partition coefficient (Wildman–Crippen LogP) is 5.86. The second-order valence-electron chi connectivity index (χ2n) is 4.81. The first kappa shape index (κ1) is 17.2. The molecule has 0 aliphatic heterocycles. The zero-order valence-corrected chi connectivity index (χ0v) is 11.9. The Morgan fingerprint density at radius 1 is 0.800 bits per heavy atom. The fourth-order valence-corrected chi connectivity index (χ4v) is 2.44. The molecule has 1 aromatic rings. The molecule has 0 fully saturated rings. The Labute approximate surface area is 117 Å². The van der Waals surface area contributed by atoms with Gasteiger partial charge in [0, 0.05) is 10.1 Å². The standard InChI is InChI=1S/C13H14F6S/c1-7(2)8(3)20-11-5-9(12(14,15)16)4-10(6-11)13(17,18)19/h4-8H,1-3H3. The molecule has 0 nitrogen and oxygen atoms in total. The van der Waals surface area contributed by atoms with Gasteiger partial charge in [0.1, 0.15) is 0 Å². The van der Waals surface area contributed by atoms with Crippen LogP contribution in [-0.2, 0) is 12.4 Å². The van der Waals surface area contributed by atoms with E-state index in [0.717, 1.165) is 23.9 Å². The van der Waals surface area contributed by atoms with Crippen LogP contribution in [0.5, 0.6) is 0 Å². The highest BCUT2D eigenvalue weighted by Gasteiger charge is 2.37. The van der Waals surface area contributed by atoms with Crippen LogP contribution in [-0.4, -0.2) is 5.25 Å². The molecular formula is C13H14F6S. The van der Waals surface area contributed by atoms with Gasteiger partial charge in [0.2, 0.25) is 0 Å². The predicted molar refractivity (Wildman–Crippen MR) is 66.6 cm³/mol. The normalized spacial score (nSPS) is 14.7. The van der Waals surface area contributed by atoms with Gasteiger partial charge in [-0.1, -0.05) is 20.8 Å². The van der Waals surface area contributed by atoms with E-state index < -0.39 is 23.5 Å². The number of hydrogen-bond acceptors (Lipinski definition) is 1. The Balaban J connectivity index is 3.24. The summed E-state index contributed by atoms with van der Waals surface area (Å²) in [5, 5.41) is -0.0837. The number of halogens is 6. The zero-order valence-electron chi connectivity index (χ0n) is 11.1. The van der Waals surface area contributed by atoms with Crippen LogP contribution in [0, 0.1) is 5.92 Å². The number of rotatable bonds is 3. The Hall–Kier alpha value is -0.850. The number of alkyl halides is 6. The van der Waals surface area contributed by atoms with Crippen molar-refractivity contribution < 1.29 is 26.3 Å². The van der Waals surface area contributed by atoms with Crippen molar-refractivity contribution in [3.8, 4) is 0 Å². The molecule has 20 heavy (non-hydrogen) atoms. The molecule has 0 aliphatic carbocycles. The Morgan fingerprint density at radius 2 is 1.20 bits per heavy atom. The van der Waals surface area contributed by atoms with Crippen LogP contribution in [0.1, 0.15) is 31.9 Å². The summed E-state index contributed by atoms with van der Waals surface area (Å²) in [6.45, 7) is 5.48. The fourth-order valence-electron chi connectivity index (χ4n) is 1.35. The van der Waals surface area contributed by atoms with E-state index in [9.17, 15) is 26.3 Å². The van der Waals surface area contributed by atoms with Gasteiger partial charge >= 0.3 is 12.4 Å². The van der Waals surface area contributed by atoms with Gasteiger partial charge in [-0.25, -0.2) is 0 Å². The van der Waals surface area contributed by atoms with Crippen LogP contribution in [0.25, 0.3) is 0 Å². The first-order valence-electron chi connectivity index (χ1n) is 5.87. The minimum Gasteiger partial charge on any atom is -0.166 e. The smallest absolute Gasteiger partial charge is 0.166 e. The number of thioether (sulfide) groups is 1. The molecule has 1 unspecified atom stereocenters. The van der Waals surface area contributed by atoms with Crippen LogP contribution in [0.3, 0.4) is 0 Å². The molecule has 7 heteroatoms. The lowest BCUT2D eigenvalue weighted by Gasteiger charge is -2.18. The Bertz CT molecular complexity index is 429. The fraction of sp³-hybridized carbons (Fsp3) is 0.538. The molecule has 0 saturated carbocycles. The molecule has 114 valence electrons. The topological polar surface area (TPSA) is 0 Å². The quantitative estimate of drug-likeness (QED) is 0.497. The van der Waals surface area contributed by atoms with E-state index in [1.165, 1.54) is 0 Å². The lowest BCUT2D eigenvalue weighted by atomic mass is 10.1. The molecule has 1 atom stereocenters. The largest absolute Gasteiger partial charge is 0.416 e. The third-order valence-corrected chi connectivity index (χ3v) is 4.25. The summed E-state index contributed by atoms with van der Waals surface area (Å²) >= 11 is 1.01. The molecule has 1 aromatic carbocycles. The molecule has 0 amide bonds. The van der Waals surface area contributed by atoms with Crippen LogP contribution >= 0.6 is 11.8 Å². The molecule has 0 heterocycles. The Morgan fingerprint density at radius 3 is 1.50 bits per heavy atom. The number of benzene rings is 1. The van der Waals surface area contributed by atoms with Crippen molar-refractivity contribution in [2.45, 2.75) is 43.3 Å². The van der Waals surface area contributed by atoms with Gasteiger partial charge < -0.3 is 0 Å². The molecule has 0 spiro atoms. The average molecular weight is 316 g/mol. The van der Waals surface area contributed by atoms with E-state index in [-0.39, 0.29) is 22.1 Å². The lowest BCUT2D eigenvalue weighted by molar-refractivity contribution is -0.143. The monoisotopic (exact) mass is 316 g/mol. The molecule has 0 saturated heterocycles. The lowest BCUT2D eigenvalue weighted by Crippen LogP contribution is -2.12. The van der Waals surface area contributed by atoms with E-state index in [0.29, 0.717) is 0 Å². The second kappa shape index (κ2) is 5.87. The third-order valence-electron chi connectivity index (χ3n) is 2.82. The Kier molecular flexibility index (Phi) is 5.05. The van der Waals surface area contributed by atoms with Crippen molar-refractivity contribution in [1.29, 1.82) is 0 Å². The van der Waals surface area contributed by atoms with Crippen LogP contribution in [0.15, 0.2) is 23.1 Å². The molecule has 1 rings (SSSR count). The van der Waals surface area contributed by atoms with Crippen molar-refractivity contribution in [1.82, 2.24) is 0 Å². The minimum absolute atomic E-state index is 0.0200. The summed E-state index contributed by atoms with van der Waals surface area (Å²) in [6.07, 6.45) is -9.59. The van der Waals surface area contributed by atoms with Gasteiger partial charge in [-0.3, -0.25) is 0 Å². The van der Waals surface area contributed by atoms with Crippen LogP contribution in [0.2, 0.25) is 0 Å². The highest BCUT2D eigenvalue weighted by Crippen LogP contribution is 2.39. The second-order valence-corrected chi connectivity index (χ2v) is 6.26. The SMILES string of the molecule is CC(C)C(C)Sc1cc(C(F)(F)F)cc(C(F)(F)F)c1. The van der Waals surface area contributed by atoms with E-state index in [1.807, 2.05) is 13.8 Å². The van der Waals surface area contributed by atoms with Gasteiger partial charge in [0.05, 0.1) is 11.1 Å². The molecule has 0 N–H and O–H groups in total. The van der Waals surface area contributed by atoms with E-state index in [1.54, 1.807) is 6.92 Å². The maximum absolute atomic E-state index is 12.7. The summed E-state index contributed by atoms with van der Waals surface area (Å²) in [6, 6.07) is 1.67. The maximum Gasteiger partial charge on any atom is 0.416 e. The van der Waals surface area contributed by atoms with E-state index in [4.69, 9.17) is 0 Å². The van der Waals surface area contributed by atoms with Gasteiger partial charge in [-0.2, -0.15) is 26.3 Å². The van der Waals surface area contributed by atoms with Crippen LogP contribution in [0.4, 0.5) is 26.3 Å². The van der Waals surface area contributed by atoms with Crippen molar-refractivity contribution in [3.63, 3.8) is 0 Å². The summed E-state index contributed by atoms with van der Waals surface area (Å²) < 4.78 is 75.9. The molecule has 0 bridgehead atoms. The first-order valence-corrected chi connectivity index (χ1v) is 6.75. The summed E-state index contributed by atoms with van der Waals surface area (Å²) in [4.78, 5) is -0.0200. The van der Waals surface area contributed by atoms with Gasteiger partial charge in [-0.05, 0) is 24.1 Å². The van der Waals surface area contributed by atoms with Gasteiger partial charge in [-0.15, -0.1) is 11.8 Å². The average Bonchev–Trinajstić information content (AvgIpc) is 2.26. The molecule has 0 radical (unpaired) electrons. The minimum atomic E-state index is -4.79. The summed E-state index contributed by atoms with van der Waals surface area (Å²) in [5.74, 6) is 0.142. The van der Waals surface area contributed by atoms with Gasteiger partial charge in [0.25, 0.3) is 0 Å². The zero-order chi connectivity index (χ0) is 15.7. The third kappa shape index (κ3) is 4.61. The van der Waals surface area contributed by atoms with Crippen molar-refractivity contribution >= 4 is 11.8 Å². The molecule has 0 aliphatic rings. The highest BCUT2D eigenvalue weighted by atomic mass is 32.2. The van der Waals surface area contributed by atoms with E-state index >= 15 is 0 Å². The van der Waals surface area contributed by atoms with Crippen molar-refractivity contribution in [2.75, 3.05) is 0 Å². The highest BCUT2D eigenvalue weighted by molar-refractivity contribution is 8.00. The number of hydrogen-bond donors (Lipinski definition) is 0. The summed E-state index contributed by atoms with van der Waals surface area (Å²) in [5.41, 5.74) is -2.54. The molecular weight excluding hydrogens is 302 g/mol. The first-order chi connectivity index (χ1) is 8.91. The van der Waals surface area contributed by atoms with Crippen molar-refractivity contribution in [3.05, 3.63) is 29.3 Å². The maximum atomic E-state index is 12.7.